The predicted molar refractivity (Wildman–Crippen MR) is 103 cm³/mol. The monoisotopic (exact) mass is 377 g/mol. The van der Waals surface area contributed by atoms with Crippen molar-refractivity contribution in [3.8, 4) is 0 Å². The number of nitrogens with zero attached hydrogens (tertiary/aromatic N) is 3. The molecular formula is C18H27N5O4. The molecule has 2 amide bonds. The number of carbonyl (C=O) groups is 2. The Morgan fingerprint density at radius 2 is 1.93 bits per heavy atom. The van der Waals surface area contributed by atoms with Crippen LogP contribution in [-0.4, -0.2) is 60.9 Å². The van der Waals surface area contributed by atoms with Crippen LogP contribution < -0.4 is 16.0 Å². The number of anilines is 1. The minimum absolute atomic E-state index is 0.0676. The highest BCUT2D eigenvalue weighted by molar-refractivity contribution is 6.01. The van der Waals surface area contributed by atoms with E-state index in [0.29, 0.717) is 0 Å². The molecule has 0 radical (unpaired) electrons. The summed E-state index contributed by atoms with van der Waals surface area (Å²) in [6.07, 6.45) is 0.964. The van der Waals surface area contributed by atoms with Gasteiger partial charge in [0.1, 0.15) is 11.6 Å². The van der Waals surface area contributed by atoms with Gasteiger partial charge in [-0.25, -0.2) is 0 Å². The number of nitro benzene ring substituents is 1. The van der Waals surface area contributed by atoms with Crippen LogP contribution >= 0.6 is 0 Å². The SMILES string of the molecule is CC(C)C(NC(=O)c1cc(N2CCCN(C)CC2)ccc1[N+](=O)[O-])C(N)=O. The Hall–Kier alpha value is -2.68. The third-order valence-electron chi connectivity index (χ3n) is 4.77. The Labute approximate surface area is 158 Å². The van der Waals surface area contributed by atoms with E-state index in [1.807, 2.05) is 7.05 Å². The van der Waals surface area contributed by atoms with Gasteiger partial charge < -0.3 is 20.9 Å². The standard InChI is InChI=1S/C18H27N5O4/c1-12(2)16(17(19)24)20-18(25)14-11-13(5-6-15(14)23(26)27)22-8-4-7-21(3)9-10-22/h5-6,11-12,16H,4,7-10H2,1-3H3,(H2,19,24)(H,20,25). The lowest BCUT2D eigenvalue weighted by molar-refractivity contribution is -0.385. The molecule has 1 atom stereocenters. The van der Waals surface area contributed by atoms with Crippen molar-refractivity contribution in [2.24, 2.45) is 11.7 Å². The Morgan fingerprint density at radius 1 is 1.22 bits per heavy atom. The van der Waals surface area contributed by atoms with Crippen molar-refractivity contribution in [1.29, 1.82) is 0 Å². The normalized spacial score (nSPS) is 16.7. The highest BCUT2D eigenvalue weighted by Crippen LogP contribution is 2.26. The van der Waals surface area contributed by atoms with Crippen LogP contribution in [0.4, 0.5) is 11.4 Å². The van der Waals surface area contributed by atoms with E-state index in [0.717, 1.165) is 38.3 Å². The van der Waals surface area contributed by atoms with Crippen LogP contribution in [-0.2, 0) is 4.79 Å². The van der Waals surface area contributed by atoms with Gasteiger partial charge in [-0.2, -0.15) is 0 Å². The maximum Gasteiger partial charge on any atom is 0.282 e. The van der Waals surface area contributed by atoms with Crippen LogP contribution in [0.15, 0.2) is 18.2 Å². The van der Waals surface area contributed by atoms with Crippen molar-refractivity contribution < 1.29 is 14.5 Å². The third-order valence-corrected chi connectivity index (χ3v) is 4.77. The molecule has 1 saturated heterocycles. The van der Waals surface area contributed by atoms with Crippen molar-refractivity contribution >= 4 is 23.2 Å². The number of hydrogen-bond donors (Lipinski definition) is 2. The van der Waals surface area contributed by atoms with Gasteiger partial charge >= 0.3 is 0 Å². The maximum absolute atomic E-state index is 12.7. The van der Waals surface area contributed by atoms with E-state index in [1.54, 1.807) is 19.9 Å². The van der Waals surface area contributed by atoms with Gasteiger partial charge in [-0.1, -0.05) is 13.8 Å². The molecule has 9 heteroatoms. The van der Waals surface area contributed by atoms with E-state index in [2.05, 4.69) is 15.1 Å². The molecule has 1 aliphatic rings. The summed E-state index contributed by atoms with van der Waals surface area (Å²) in [7, 11) is 2.05. The Kier molecular flexibility index (Phi) is 6.73. The minimum atomic E-state index is -0.896. The number of hydrogen-bond acceptors (Lipinski definition) is 6. The zero-order chi connectivity index (χ0) is 20.1. The van der Waals surface area contributed by atoms with Crippen molar-refractivity contribution in [3.05, 3.63) is 33.9 Å². The van der Waals surface area contributed by atoms with E-state index in [4.69, 9.17) is 5.73 Å². The molecule has 1 unspecified atom stereocenters. The average Bonchev–Trinajstić information content (AvgIpc) is 2.82. The zero-order valence-corrected chi connectivity index (χ0v) is 16.0. The third kappa shape index (κ3) is 5.16. The Bertz CT molecular complexity index is 722. The molecule has 9 nitrogen and oxygen atoms in total. The summed E-state index contributed by atoms with van der Waals surface area (Å²) in [6.45, 7) is 6.91. The summed E-state index contributed by atoms with van der Waals surface area (Å²) in [6, 6.07) is 3.63. The van der Waals surface area contributed by atoms with Gasteiger partial charge in [0, 0.05) is 31.4 Å². The predicted octanol–water partition coefficient (Wildman–Crippen LogP) is 0.976. The molecule has 0 saturated carbocycles. The van der Waals surface area contributed by atoms with Gasteiger partial charge in [-0.15, -0.1) is 0 Å². The summed E-state index contributed by atoms with van der Waals surface area (Å²) in [4.78, 5) is 39.4. The summed E-state index contributed by atoms with van der Waals surface area (Å²) in [5, 5.41) is 13.9. The van der Waals surface area contributed by atoms with Gasteiger partial charge in [0.2, 0.25) is 5.91 Å². The molecule has 1 aromatic rings. The van der Waals surface area contributed by atoms with Crippen LogP contribution in [0, 0.1) is 16.0 Å². The first-order valence-corrected chi connectivity index (χ1v) is 9.02. The number of nitrogens with one attached hydrogen (secondary N) is 1. The summed E-state index contributed by atoms with van der Waals surface area (Å²) in [5.41, 5.74) is 5.73. The van der Waals surface area contributed by atoms with Crippen LogP contribution in [0.5, 0.6) is 0 Å². The van der Waals surface area contributed by atoms with Crippen molar-refractivity contribution in [2.75, 3.05) is 38.1 Å². The molecule has 1 aliphatic heterocycles. The van der Waals surface area contributed by atoms with Gasteiger partial charge in [0.15, 0.2) is 0 Å². The highest BCUT2D eigenvalue weighted by atomic mass is 16.6. The summed E-state index contributed by atoms with van der Waals surface area (Å²) < 4.78 is 0. The fourth-order valence-electron chi connectivity index (χ4n) is 3.15. The van der Waals surface area contributed by atoms with E-state index in [-0.39, 0.29) is 17.2 Å². The van der Waals surface area contributed by atoms with Gasteiger partial charge in [0.05, 0.1) is 4.92 Å². The number of rotatable bonds is 6. The molecule has 27 heavy (non-hydrogen) atoms. The van der Waals surface area contributed by atoms with E-state index in [9.17, 15) is 19.7 Å². The summed E-state index contributed by atoms with van der Waals surface area (Å²) in [5.74, 6) is -1.57. The average molecular weight is 377 g/mol. The number of benzene rings is 1. The van der Waals surface area contributed by atoms with E-state index < -0.39 is 22.8 Å². The second kappa shape index (κ2) is 8.81. The molecule has 1 heterocycles. The van der Waals surface area contributed by atoms with Crippen LogP contribution in [0.3, 0.4) is 0 Å². The first kappa shape index (κ1) is 20.6. The number of primary amides is 1. The quantitative estimate of drug-likeness (QED) is 0.563. The number of likely N-dealkylation sites (N-methyl/N-ethyl adjacent to an activating group) is 1. The molecule has 0 spiro atoms. The van der Waals surface area contributed by atoms with Crippen LogP contribution in [0.1, 0.15) is 30.6 Å². The molecule has 1 aromatic carbocycles. The molecule has 3 N–H and O–H groups in total. The first-order valence-electron chi connectivity index (χ1n) is 9.02. The lowest BCUT2D eigenvalue weighted by Crippen LogP contribution is -2.47. The smallest absolute Gasteiger partial charge is 0.282 e. The second-order valence-electron chi connectivity index (χ2n) is 7.20. The number of nitro groups is 1. The number of nitrogens with two attached hydrogens (primary N) is 1. The second-order valence-corrected chi connectivity index (χ2v) is 7.20. The highest BCUT2D eigenvalue weighted by Gasteiger charge is 2.27. The number of amides is 2. The molecular weight excluding hydrogens is 350 g/mol. The van der Waals surface area contributed by atoms with Crippen LogP contribution in [0.2, 0.25) is 0 Å². The van der Waals surface area contributed by atoms with Gasteiger partial charge in [-0.05, 0) is 38.1 Å². The molecule has 2 rings (SSSR count). The first-order chi connectivity index (χ1) is 12.7. The largest absolute Gasteiger partial charge is 0.370 e. The molecule has 0 aromatic heterocycles. The lowest BCUT2D eigenvalue weighted by atomic mass is 10.0. The Morgan fingerprint density at radius 3 is 2.52 bits per heavy atom. The molecule has 0 bridgehead atoms. The minimum Gasteiger partial charge on any atom is -0.370 e. The molecule has 0 aliphatic carbocycles. The maximum atomic E-state index is 12.7. The molecule has 148 valence electrons. The number of carbonyl (C=O) groups excluding carboxylic acids is 2. The van der Waals surface area contributed by atoms with Crippen LogP contribution in [0.25, 0.3) is 0 Å². The summed E-state index contributed by atoms with van der Waals surface area (Å²) >= 11 is 0. The van der Waals surface area contributed by atoms with Gasteiger partial charge in [-0.3, -0.25) is 19.7 Å². The van der Waals surface area contributed by atoms with E-state index in [1.165, 1.54) is 12.1 Å². The van der Waals surface area contributed by atoms with Gasteiger partial charge in [0.25, 0.3) is 11.6 Å². The van der Waals surface area contributed by atoms with E-state index >= 15 is 0 Å². The van der Waals surface area contributed by atoms with Crippen molar-refractivity contribution in [1.82, 2.24) is 10.2 Å². The lowest BCUT2D eigenvalue weighted by Gasteiger charge is -2.24. The fraction of sp³-hybridized carbons (Fsp3) is 0.556. The molecule has 1 fully saturated rings. The fourth-order valence-corrected chi connectivity index (χ4v) is 3.15. The zero-order valence-electron chi connectivity index (χ0n) is 16.0. The topological polar surface area (TPSA) is 122 Å². The Balaban J connectivity index is 2.33. The van der Waals surface area contributed by atoms with Crippen molar-refractivity contribution in [2.45, 2.75) is 26.3 Å². The van der Waals surface area contributed by atoms with Crippen molar-refractivity contribution in [3.63, 3.8) is 0 Å².